The maximum Gasteiger partial charge on any atom is 0.429 e. The van der Waals surface area contributed by atoms with Crippen LogP contribution in [0.15, 0.2) is 42.5 Å². The number of alkyl halides is 2. The molecule has 0 N–H and O–H groups in total. The molecule has 2 nitrogen and oxygen atoms in total. The van der Waals surface area contributed by atoms with Gasteiger partial charge >= 0.3 is 6.11 Å². The third-order valence-corrected chi connectivity index (χ3v) is 5.70. The first kappa shape index (κ1) is 22.8. The van der Waals surface area contributed by atoms with Crippen molar-refractivity contribution in [2.24, 2.45) is 5.92 Å². The lowest BCUT2D eigenvalue weighted by Crippen LogP contribution is -2.24. The van der Waals surface area contributed by atoms with Crippen LogP contribution < -0.4 is 4.74 Å². The Morgan fingerprint density at radius 2 is 1.68 bits per heavy atom. The quantitative estimate of drug-likeness (QED) is 0.351. The highest BCUT2D eigenvalue weighted by atomic mass is 19.3. The summed E-state index contributed by atoms with van der Waals surface area (Å²) in [7, 11) is 0. The van der Waals surface area contributed by atoms with Gasteiger partial charge in [0.15, 0.2) is 0 Å². The first-order chi connectivity index (χ1) is 14.7. The normalized spacial score (nSPS) is 19.4. The van der Waals surface area contributed by atoms with Gasteiger partial charge in [0, 0.05) is 12.1 Å². The highest BCUT2D eigenvalue weighted by Crippen LogP contribution is 2.40. The van der Waals surface area contributed by atoms with E-state index in [0.29, 0.717) is 23.6 Å². The molecule has 0 aliphatic heterocycles. The Labute approximate surface area is 178 Å². The monoisotopic (exact) mass is 435 g/mol. The topological polar surface area (TPSA) is 33.0 Å². The molecule has 0 heterocycles. The average Bonchev–Trinajstić information content (AvgIpc) is 2.72. The fourth-order valence-electron chi connectivity index (χ4n) is 4.00. The van der Waals surface area contributed by atoms with E-state index in [-0.39, 0.29) is 5.92 Å². The van der Waals surface area contributed by atoms with Crippen LogP contribution in [-0.2, 0) is 6.11 Å². The summed E-state index contributed by atoms with van der Waals surface area (Å²) in [6, 6.07) is 5.71. The smallest absolute Gasteiger partial charge is 0.429 e. The molecule has 0 radical (unpaired) electrons. The second-order valence-corrected chi connectivity index (χ2v) is 7.75. The molecule has 1 saturated carbocycles. The Morgan fingerprint density at radius 3 is 2.23 bits per heavy atom. The van der Waals surface area contributed by atoms with Crippen LogP contribution in [0.3, 0.4) is 0 Å². The van der Waals surface area contributed by atoms with Gasteiger partial charge in [0.25, 0.3) is 0 Å². The Hall–Kier alpha value is -2.88. The molecule has 0 aromatic heterocycles. The van der Waals surface area contributed by atoms with E-state index in [2.05, 4.69) is 10.8 Å². The van der Waals surface area contributed by atoms with Gasteiger partial charge in [-0.15, -0.1) is 0 Å². The lowest BCUT2D eigenvalue weighted by atomic mass is 9.77. The predicted molar refractivity (Wildman–Crippen MR) is 106 cm³/mol. The molecule has 0 saturated heterocycles. The zero-order valence-electron chi connectivity index (χ0n) is 17.0. The first-order valence-corrected chi connectivity index (χ1v) is 10.1. The number of hydrogen-bond acceptors (Lipinski definition) is 2. The summed E-state index contributed by atoms with van der Waals surface area (Å²) in [6.07, 6.45) is 4.71. The van der Waals surface area contributed by atoms with Gasteiger partial charge < -0.3 is 4.74 Å². The van der Waals surface area contributed by atoms with Crippen LogP contribution in [0.1, 0.15) is 61.6 Å². The number of halogens is 5. The largest absolute Gasteiger partial charge is 0.429 e. The second-order valence-electron chi connectivity index (χ2n) is 7.75. The van der Waals surface area contributed by atoms with Crippen LogP contribution in [0.25, 0.3) is 0 Å². The highest BCUT2D eigenvalue weighted by Gasteiger charge is 2.38. The maximum atomic E-state index is 14.6. The number of allylic oxidation sites excluding steroid dienone is 2. The van der Waals surface area contributed by atoms with E-state index in [0.717, 1.165) is 44.2 Å². The number of hydrogen-bond donors (Lipinski definition) is 0. The molecular weight excluding hydrogens is 413 g/mol. The SMILES string of the molecule is C/C=C\CC1CCC(c2ccc(C(F)(F)Oc3cc(F)c(C#N)c(F)c3)c(F)c2)CC1. The summed E-state index contributed by atoms with van der Waals surface area (Å²) >= 11 is 0. The first-order valence-electron chi connectivity index (χ1n) is 10.1. The van der Waals surface area contributed by atoms with Crippen molar-refractivity contribution in [3.05, 3.63) is 76.6 Å². The maximum absolute atomic E-state index is 14.6. The van der Waals surface area contributed by atoms with Gasteiger partial charge in [0.1, 0.15) is 34.8 Å². The van der Waals surface area contributed by atoms with Crippen molar-refractivity contribution in [3.8, 4) is 11.8 Å². The van der Waals surface area contributed by atoms with Crippen molar-refractivity contribution in [2.75, 3.05) is 0 Å². The summed E-state index contributed by atoms with van der Waals surface area (Å²) in [6.45, 7) is 1.98. The van der Waals surface area contributed by atoms with Crippen LogP contribution in [0.2, 0.25) is 0 Å². The number of nitriles is 1. The summed E-state index contributed by atoms with van der Waals surface area (Å²) in [5, 5.41) is 8.65. The second kappa shape index (κ2) is 9.51. The van der Waals surface area contributed by atoms with Crippen molar-refractivity contribution in [3.63, 3.8) is 0 Å². The molecule has 0 spiro atoms. The molecule has 1 fully saturated rings. The molecule has 3 rings (SSSR count). The van der Waals surface area contributed by atoms with Gasteiger partial charge in [-0.3, -0.25) is 0 Å². The molecule has 1 aliphatic rings. The molecule has 7 heteroatoms. The number of benzene rings is 2. The Balaban J connectivity index is 1.74. The van der Waals surface area contributed by atoms with Crippen LogP contribution >= 0.6 is 0 Å². The molecule has 2 aromatic carbocycles. The van der Waals surface area contributed by atoms with Crippen LogP contribution in [0.5, 0.6) is 5.75 Å². The van der Waals surface area contributed by atoms with Crippen molar-refractivity contribution in [1.82, 2.24) is 0 Å². The summed E-state index contributed by atoms with van der Waals surface area (Å²) < 4.78 is 75.3. The Kier molecular flexibility index (Phi) is 6.99. The van der Waals surface area contributed by atoms with Gasteiger partial charge in [-0.05, 0) is 68.6 Å². The zero-order chi connectivity index (χ0) is 22.6. The van der Waals surface area contributed by atoms with E-state index in [9.17, 15) is 22.0 Å². The molecule has 0 unspecified atom stereocenters. The molecule has 2 aromatic rings. The minimum Gasteiger partial charge on any atom is -0.429 e. The molecule has 164 valence electrons. The van der Waals surface area contributed by atoms with Crippen molar-refractivity contribution in [2.45, 2.75) is 51.1 Å². The van der Waals surface area contributed by atoms with Gasteiger partial charge in [0.2, 0.25) is 0 Å². The van der Waals surface area contributed by atoms with Crippen LogP contribution in [0.4, 0.5) is 22.0 Å². The molecule has 31 heavy (non-hydrogen) atoms. The van der Waals surface area contributed by atoms with E-state index in [4.69, 9.17) is 5.26 Å². The summed E-state index contributed by atoms with van der Waals surface area (Å²) in [5.41, 5.74) is -1.29. The Morgan fingerprint density at radius 1 is 1.03 bits per heavy atom. The minimum atomic E-state index is -4.15. The average molecular weight is 435 g/mol. The number of ether oxygens (including phenoxy) is 1. The van der Waals surface area contributed by atoms with E-state index in [1.54, 1.807) is 0 Å². The highest BCUT2D eigenvalue weighted by molar-refractivity contribution is 5.38. The molecule has 0 atom stereocenters. The van der Waals surface area contributed by atoms with Crippen molar-refractivity contribution in [1.29, 1.82) is 5.26 Å². The fourth-order valence-corrected chi connectivity index (χ4v) is 4.00. The number of rotatable bonds is 6. The van der Waals surface area contributed by atoms with E-state index in [1.165, 1.54) is 12.1 Å². The lowest BCUT2D eigenvalue weighted by molar-refractivity contribution is -0.187. The summed E-state index contributed by atoms with van der Waals surface area (Å²) in [5.74, 6) is -3.98. The van der Waals surface area contributed by atoms with Crippen LogP contribution in [-0.4, -0.2) is 0 Å². The zero-order valence-corrected chi connectivity index (χ0v) is 17.0. The standard InChI is InChI=1S/C24H22F5NO/c1-2-3-4-15-5-7-16(8-6-15)17-9-10-20(23(27)11-17)24(28,29)31-18-12-21(25)19(14-30)22(26)13-18/h2-3,9-13,15-16H,4-8H2,1H3/b3-2-. The van der Waals surface area contributed by atoms with E-state index >= 15 is 0 Å². The minimum absolute atomic E-state index is 0.0988. The lowest BCUT2D eigenvalue weighted by Gasteiger charge is -2.28. The molecule has 1 aliphatic carbocycles. The van der Waals surface area contributed by atoms with E-state index < -0.39 is 40.4 Å². The third-order valence-electron chi connectivity index (χ3n) is 5.70. The third kappa shape index (κ3) is 5.25. The van der Waals surface area contributed by atoms with Gasteiger partial charge in [-0.1, -0.05) is 18.2 Å². The molecule has 0 bridgehead atoms. The van der Waals surface area contributed by atoms with Gasteiger partial charge in [0.05, 0.1) is 5.56 Å². The van der Waals surface area contributed by atoms with Crippen molar-refractivity contribution >= 4 is 0 Å². The molecular formula is C24H22F5NO. The van der Waals surface area contributed by atoms with Crippen molar-refractivity contribution < 1.29 is 26.7 Å². The van der Waals surface area contributed by atoms with Gasteiger partial charge in [-0.25, -0.2) is 13.2 Å². The number of nitrogens with zero attached hydrogens (tertiary/aromatic N) is 1. The fraction of sp³-hybridized carbons (Fsp3) is 0.375. The van der Waals surface area contributed by atoms with Gasteiger partial charge in [-0.2, -0.15) is 14.0 Å². The van der Waals surface area contributed by atoms with Crippen LogP contribution in [0, 0.1) is 34.7 Å². The summed E-state index contributed by atoms with van der Waals surface area (Å²) in [4.78, 5) is 0. The molecule has 0 amide bonds. The Bertz CT molecular complexity index is 981. The predicted octanol–water partition coefficient (Wildman–Crippen LogP) is 7.34. The van der Waals surface area contributed by atoms with E-state index in [1.807, 2.05) is 13.0 Å².